The molecule has 11 heteroatoms. The number of pyridine rings is 1. The Labute approximate surface area is 233 Å². The summed E-state index contributed by atoms with van der Waals surface area (Å²) in [6.45, 7) is 0. The Kier molecular flexibility index (Phi) is 5.95. The molecule has 0 radical (unpaired) electrons. The molecule has 1 heterocycles. The van der Waals surface area contributed by atoms with Gasteiger partial charge < -0.3 is 15.9 Å². The average molecular weight is 560 g/mol. The van der Waals surface area contributed by atoms with Crippen molar-refractivity contribution in [3.8, 4) is 5.75 Å². The number of aromatic nitrogens is 1. The number of halogens is 1. The van der Waals surface area contributed by atoms with Crippen LogP contribution in [0.25, 0.3) is 10.9 Å². The van der Waals surface area contributed by atoms with Crippen molar-refractivity contribution >= 4 is 39.9 Å². The van der Waals surface area contributed by atoms with Gasteiger partial charge in [0, 0.05) is 23.4 Å². The van der Waals surface area contributed by atoms with E-state index in [1.165, 1.54) is 49.5 Å². The summed E-state index contributed by atoms with van der Waals surface area (Å²) in [5.41, 5.74) is 3.38. The largest absolute Gasteiger partial charge is 0.505 e. The molecule has 1 amide bonds. The van der Waals surface area contributed by atoms with Crippen LogP contribution < -0.4 is 5.73 Å². The molecule has 0 spiro atoms. The third-order valence-corrected chi connectivity index (χ3v) is 9.01. The number of carbonyl (C=O) groups is 5. The fourth-order valence-corrected chi connectivity index (χ4v) is 7.33. The fourth-order valence-electron chi connectivity index (χ4n) is 7.33. The lowest BCUT2D eigenvalue weighted by Crippen LogP contribution is -2.74. The first kappa shape index (κ1) is 26.9. The fraction of sp³-hybridized carbons (Fsp3) is 0.333. The summed E-state index contributed by atoms with van der Waals surface area (Å²) >= 11 is 0. The third-order valence-electron chi connectivity index (χ3n) is 9.01. The zero-order chi connectivity index (χ0) is 29.5. The van der Waals surface area contributed by atoms with Gasteiger partial charge >= 0.3 is 0 Å². The summed E-state index contributed by atoms with van der Waals surface area (Å²) in [5.74, 6) is -13.0. The summed E-state index contributed by atoms with van der Waals surface area (Å²) in [6.07, 6.45) is 1.29. The number of fused-ring (bicyclic) bond motifs is 4. The number of aromatic hydroxyl groups is 1. The van der Waals surface area contributed by atoms with E-state index in [1.807, 2.05) is 0 Å². The molecule has 3 aromatic rings. The molecule has 0 aliphatic heterocycles. The first-order valence-corrected chi connectivity index (χ1v) is 13.1. The van der Waals surface area contributed by atoms with E-state index in [2.05, 4.69) is 4.98 Å². The second kappa shape index (κ2) is 9.08. The maximum Gasteiger partial charge on any atom is 0.235 e. The number of hydrogen-bond donors (Lipinski definition) is 3. The molecule has 2 fully saturated rings. The van der Waals surface area contributed by atoms with E-state index >= 15 is 0 Å². The average Bonchev–Trinajstić information content (AvgIpc) is 2.91. The molecule has 0 saturated heterocycles. The number of primary amides is 1. The smallest absolute Gasteiger partial charge is 0.235 e. The monoisotopic (exact) mass is 559 g/mol. The molecule has 4 N–H and O–H groups in total. The predicted molar refractivity (Wildman–Crippen MR) is 141 cm³/mol. The van der Waals surface area contributed by atoms with Crippen LogP contribution in [0.1, 0.15) is 33.8 Å². The highest BCUT2D eigenvalue weighted by Gasteiger charge is 2.70. The zero-order valence-electron chi connectivity index (χ0n) is 22.1. The van der Waals surface area contributed by atoms with Crippen molar-refractivity contribution in [1.29, 1.82) is 0 Å². The second-order valence-electron chi connectivity index (χ2n) is 11.3. The van der Waals surface area contributed by atoms with Crippen molar-refractivity contribution in [2.75, 3.05) is 14.1 Å². The lowest BCUT2D eigenvalue weighted by Gasteiger charge is -2.54. The quantitative estimate of drug-likeness (QED) is 0.399. The van der Waals surface area contributed by atoms with Gasteiger partial charge in [0.1, 0.15) is 11.3 Å². The van der Waals surface area contributed by atoms with Gasteiger partial charge in [-0.05, 0) is 61.8 Å². The lowest BCUT2D eigenvalue weighted by atomic mass is 9.50. The van der Waals surface area contributed by atoms with Crippen molar-refractivity contribution < 1.29 is 38.6 Å². The standard InChI is InChI=1S/C30H26FN3O7/c1-34(2)23-17-11-16-18(12-5-7-14(31)8-6-12)15-10-13-4-3-9-33-22(13)25(36)19(15)24(35)20(16)27(38)30(17,41)28(39)21(26(23)37)29(32)40/h3-10,16-18,20-21,23,36,41H,11H2,1-2H3,(H2,32,40)/t16-,17+,18+,20?,21?,23+,30+/m1/s1. The van der Waals surface area contributed by atoms with Gasteiger partial charge in [0.2, 0.25) is 5.91 Å². The molecule has 3 aliphatic rings. The van der Waals surface area contributed by atoms with E-state index < -0.39 is 81.8 Å². The van der Waals surface area contributed by atoms with Gasteiger partial charge in [0.15, 0.2) is 40.4 Å². The van der Waals surface area contributed by atoms with Crippen LogP contribution >= 0.6 is 0 Å². The first-order valence-electron chi connectivity index (χ1n) is 13.1. The maximum atomic E-state index is 14.3. The number of Topliss-reactive ketones (excluding diaryl/α,β-unsaturated/α-hetero) is 4. The van der Waals surface area contributed by atoms with E-state index in [-0.39, 0.29) is 17.5 Å². The molecule has 3 aliphatic carbocycles. The Morgan fingerprint density at radius 1 is 1.07 bits per heavy atom. The SMILES string of the molecule is CN(C)[C@@H]1C(=O)C(C(N)=O)C(=O)[C@@]2(O)C(=O)C3C(=O)c4c(cc5cccnc5c4O)[C@H](c4ccc(F)cc4)[C@H]3C[C@@H]12. The van der Waals surface area contributed by atoms with Crippen molar-refractivity contribution in [2.45, 2.75) is 24.0 Å². The number of amides is 1. The number of phenolic OH excluding ortho intramolecular Hbond substituents is 1. The molecule has 7 atom stereocenters. The molecule has 2 saturated carbocycles. The topological polar surface area (TPSA) is 168 Å². The molecular weight excluding hydrogens is 533 g/mol. The Morgan fingerprint density at radius 3 is 2.39 bits per heavy atom. The summed E-state index contributed by atoms with van der Waals surface area (Å²) < 4.78 is 14.0. The highest BCUT2D eigenvalue weighted by Crippen LogP contribution is 2.56. The number of phenols is 1. The Morgan fingerprint density at radius 2 is 1.76 bits per heavy atom. The lowest BCUT2D eigenvalue weighted by molar-refractivity contribution is -0.181. The molecule has 10 nitrogen and oxygen atoms in total. The maximum absolute atomic E-state index is 14.3. The summed E-state index contributed by atoms with van der Waals surface area (Å²) in [7, 11) is 3.03. The highest BCUT2D eigenvalue weighted by atomic mass is 19.1. The van der Waals surface area contributed by atoms with E-state index in [0.717, 1.165) is 0 Å². The Hall–Kier alpha value is -4.35. The number of likely N-dealkylation sites (N-methyl/N-ethyl adjacent to an activating group) is 1. The molecule has 41 heavy (non-hydrogen) atoms. The summed E-state index contributed by atoms with van der Waals surface area (Å²) in [5, 5.41) is 23.7. The van der Waals surface area contributed by atoms with Gasteiger partial charge in [-0.15, -0.1) is 0 Å². The number of rotatable bonds is 3. The number of ketones is 4. The second-order valence-corrected chi connectivity index (χ2v) is 11.3. The van der Waals surface area contributed by atoms with Crippen LogP contribution in [0, 0.1) is 29.5 Å². The summed E-state index contributed by atoms with van der Waals surface area (Å²) in [6, 6.07) is 9.31. The molecule has 0 bridgehead atoms. The van der Waals surface area contributed by atoms with Crippen LogP contribution in [0.3, 0.4) is 0 Å². The van der Waals surface area contributed by atoms with E-state index in [1.54, 1.807) is 18.2 Å². The van der Waals surface area contributed by atoms with Crippen molar-refractivity contribution in [1.82, 2.24) is 9.88 Å². The highest BCUT2D eigenvalue weighted by molar-refractivity contribution is 6.32. The third kappa shape index (κ3) is 3.55. The number of nitrogens with zero attached hydrogens (tertiary/aromatic N) is 2. The summed E-state index contributed by atoms with van der Waals surface area (Å²) in [4.78, 5) is 73.1. The van der Waals surface area contributed by atoms with Crippen LogP contribution in [-0.2, 0) is 19.2 Å². The Bertz CT molecular complexity index is 1690. The number of aliphatic hydroxyl groups is 1. The minimum Gasteiger partial charge on any atom is -0.505 e. The van der Waals surface area contributed by atoms with Gasteiger partial charge in [-0.1, -0.05) is 18.2 Å². The van der Waals surface area contributed by atoms with Crippen LogP contribution in [-0.4, -0.2) is 74.9 Å². The molecule has 210 valence electrons. The first-order chi connectivity index (χ1) is 19.4. The molecular formula is C30H26FN3O7. The zero-order valence-corrected chi connectivity index (χ0v) is 22.1. The van der Waals surface area contributed by atoms with Crippen LogP contribution in [0.4, 0.5) is 4.39 Å². The number of benzene rings is 2. The molecule has 1 aromatic heterocycles. The van der Waals surface area contributed by atoms with Crippen molar-refractivity contribution in [3.05, 3.63) is 71.2 Å². The predicted octanol–water partition coefficient (Wildman–Crippen LogP) is 1.14. The molecule has 2 aromatic carbocycles. The molecule has 2 unspecified atom stereocenters. The van der Waals surface area contributed by atoms with Gasteiger partial charge in [-0.2, -0.15) is 0 Å². The van der Waals surface area contributed by atoms with Gasteiger partial charge in [0.25, 0.3) is 0 Å². The van der Waals surface area contributed by atoms with Gasteiger partial charge in [-0.25, -0.2) is 4.39 Å². The van der Waals surface area contributed by atoms with Gasteiger partial charge in [-0.3, -0.25) is 33.9 Å². The number of nitrogens with two attached hydrogens (primary N) is 1. The van der Waals surface area contributed by atoms with E-state index in [4.69, 9.17) is 5.73 Å². The van der Waals surface area contributed by atoms with Crippen LogP contribution in [0.15, 0.2) is 48.7 Å². The van der Waals surface area contributed by atoms with Crippen LogP contribution in [0.2, 0.25) is 0 Å². The Balaban J connectivity index is 1.62. The van der Waals surface area contributed by atoms with Crippen molar-refractivity contribution in [3.63, 3.8) is 0 Å². The molecule has 6 rings (SSSR count). The minimum absolute atomic E-state index is 0.122. The van der Waals surface area contributed by atoms with Gasteiger partial charge in [0.05, 0.1) is 17.5 Å². The van der Waals surface area contributed by atoms with Crippen LogP contribution in [0.5, 0.6) is 5.75 Å². The van der Waals surface area contributed by atoms with E-state index in [9.17, 15) is 38.6 Å². The van der Waals surface area contributed by atoms with Crippen molar-refractivity contribution in [2.24, 2.45) is 29.4 Å². The number of carbonyl (C=O) groups excluding carboxylic acids is 5. The number of hydrogen-bond acceptors (Lipinski definition) is 9. The van der Waals surface area contributed by atoms with E-state index in [0.29, 0.717) is 16.5 Å². The minimum atomic E-state index is -2.85. The normalized spacial score (nSPS) is 31.1.